The lowest BCUT2D eigenvalue weighted by Gasteiger charge is -2.19. The summed E-state index contributed by atoms with van der Waals surface area (Å²) in [7, 11) is 0. The highest BCUT2D eigenvalue weighted by atomic mass is 19.1. The third-order valence-corrected chi connectivity index (χ3v) is 2.88. The highest BCUT2D eigenvalue weighted by Gasteiger charge is 2.21. The fourth-order valence-electron chi connectivity index (χ4n) is 1.53. The fraction of sp³-hybridized carbons (Fsp3) is 0.308. The zero-order valence-electron chi connectivity index (χ0n) is 10.0. The highest BCUT2D eigenvalue weighted by Crippen LogP contribution is 2.20. The Labute approximate surface area is 100 Å². The second-order valence-corrected chi connectivity index (χ2v) is 4.71. The molecule has 2 aromatic rings. The summed E-state index contributed by atoms with van der Waals surface area (Å²) in [6, 6.07) is 8.18. The second kappa shape index (κ2) is 4.30. The van der Waals surface area contributed by atoms with Gasteiger partial charge in [-0.3, -0.25) is 0 Å². The van der Waals surface area contributed by atoms with Gasteiger partial charge in [-0.2, -0.15) is 5.10 Å². The van der Waals surface area contributed by atoms with Gasteiger partial charge in [-0.1, -0.05) is 13.8 Å². The van der Waals surface area contributed by atoms with E-state index in [1.54, 1.807) is 16.8 Å². The predicted octanol–water partition coefficient (Wildman–Crippen LogP) is 2.25. The maximum absolute atomic E-state index is 12.8. The lowest BCUT2D eigenvalue weighted by Crippen LogP contribution is -2.28. The average molecular weight is 233 g/mol. The third-order valence-electron chi connectivity index (χ3n) is 2.88. The summed E-state index contributed by atoms with van der Waals surface area (Å²) in [4.78, 5) is 0. The molecule has 0 fully saturated rings. The van der Waals surface area contributed by atoms with E-state index in [0.29, 0.717) is 6.54 Å². The maximum Gasteiger partial charge on any atom is 0.123 e. The minimum atomic E-state index is -0.247. The Balaban J connectivity index is 2.33. The first-order chi connectivity index (χ1) is 8.03. The molecule has 0 aliphatic carbocycles. The van der Waals surface area contributed by atoms with Crippen molar-refractivity contribution in [3.63, 3.8) is 0 Å². The van der Waals surface area contributed by atoms with E-state index in [1.165, 1.54) is 12.1 Å². The number of nitrogens with two attached hydrogens (primary N) is 1. The number of hydrogen-bond acceptors (Lipinski definition) is 2. The summed E-state index contributed by atoms with van der Waals surface area (Å²) < 4.78 is 14.5. The first-order valence-corrected chi connectivity index (χ1v) is 5.55. The van der Waals surface area contributed by atoms with Gasteiger partial charge in [-0.05, 0) is 30.3 Å². The molecule has 17 heavy (non-hydrogen) atoms. The van der Waals surface area contributed by atoms with Crippen LogP contribution in [0.3, 0.4) is 0 Å². The third kappa shape index (κ3) is 2.36. The van der Waals surface area contributed by atoms with E-state index in [2.05, 4.69) is 5.10 Å². The smallest absolute Gasteiger partial charge is 0.123 e. The molecule has 90 valence electrons. The van der Waals surface area contributed by atoms with E-state index in [-0.39, 0.29) is 11.2 Å². The largest absolute Gasteiger partial charge is 0.330 e. The van der Waals surface area contributed by atoms with E-state index >= 15 is 0 Å². The molecule has 3 nitrogen and oxygen atoms in total. The summed E-state index contributed by atoms with van der Waals surface area (Å²) in [5.74, 6) is -0.247. The number of rotatable bonds is 3. The zero-order valence-corrected chi connectivity index (χ0v) is 10.0. The molecule has 0 atom stereocenters. The van der Waals surface area contributed by atoms with Gasteiger partial charge in [0.15, 0.2) is 0 Å². The Bertz CT molecular complexity index is 500. The summed E-state index contributed by atoms with van der Waals surface area (Å²) in [6.07, 6.45) is 1.86. The molecule has 0 bridgehead atoms. The Morgan fingerprint density at radius 2 is 1.88 bits per heavy atom. The van der Waals surface area contributed by atoms with Crippen molar-refractivity contribution in [3.05, 3.63) is 48.0 Å². The second-order valence-electron chi connectivity index (χ2n) is 4.71. The Morgan fingerprint density at radius 1 is 1.24 bits per heavy atom. The normalized spacial score (nSPS) is 11.8. The Hall–Kier alpha value is -1.68. The minimum Gasteiger partial charge on any atom is -0.330 e. The van der Waals surface area contributed by atoms with Gasteiger partial charge in [0.25, 0.3) is 0 Å². The molecule has 2 N–H and O–H groups in total. The van der Waals surface area contributed by atoms with Gasteiger partial charge < -0.3 is 5.73 Å². The van der Waals surface area contributed by atoms with Crippen LogP contribution in [0.2, 0.25) is 0 Å². The highest BCUT2D eigenvalue weighted by molar-refractivity contribution is 5.31. The lowest BCUT2D eigenvalue weighted by atomic mass is 9.90. The molecule has 0 aliphatic heterocycles. The van der Waals surface area contributed by atoms with Gasteiger partial charge >= 0.3 is 0 Å². The molecule has 0 aliphatic rings. The molecule has 1 heterocycles. The van der Waals surface area contributed by atoms with Crippen molar-refractivity contribution in [2.24, 2.45) is 5.73 Å². The van der Waals surface area contributed by atoms with Crippen molar-refractivity contribution in [2.75, 3.05) is 6.54 Å². The predicted molar refractivity (Wildman–Crippen MR) is 65.6 cm³/mol. The molecule has 0 amide bonds. The molecular formula is C13H16FN3. The van der Waals surface area contributed by atoms with Crippen molar-refractivity contribution in [3.8, 4) is 5.69 Å². The molecule has 4 heteroatoms. The van der Waals surface area contributed by atoms with Crippen LogP contribution in [0, 0.1) is 5.82 Å². The summed E-state index contributed by atoms with van der Waals surface area (Å²) in [6.45, 7) is 4.63. The SMILES string of the molecule is CC(C)(CN)c1ccn(-c2ccc(F)cc2)n1. The summed E-state index contributed by atoms with van der Waals surface area (Å²) in [5.41, 5.74) is 7.33. The van der Waals surface area contributed by atoms with Crippen molar-refractivity contribution < 1.29 is 4.39 Å². The lowest BCUT2D eigenvalue weighted by molar-refractivity contribution is 0.515. The molecule has 1 aromatic carbocycles. The van der Waals surface area contributed by atoms with E-state index in [0.717, 1.165) is 11.4 Å². The molecular weight excluding hydrogens is 217 g/mol. The minimum absolute atomic E-state index is 0.148. The standard InChI is InChI=1S/C13H16FN3/c1-13(2,9-15)12-7-8-17(16-12)11-5-3-10(14)4-6-11/h3-8H,9,15H2,1-2H3. The van der Waals surface area contributed by atoms with Gasteiger partial charge in [-0.25, -0.2) is 9.07 Å². The molecule has 0 saturated heterocycles. The Morgan fingerprint density at radius 3 is 2.47 bits per heavy atom. The number of aromatic nitrogens is 2. The quantitative estimate of drug-likeness (QED) is 0.883. The molecule has 0 radical (unpaired) electrons. The molecule has 0 saturated carbocycles. The van der Waals surface area contributed by atoms with Crippen LogP contribution in [-0.2, 0) is 5.41 Å². The number of hydrogen-bond donors (Lipinski definition) is 1. The van der Waals surface area contributed by atoms with E-state index in [9.17, 15) is 4.39 Å². The van der Waals surface area contributed by atoms with Gasteiger partial charge in [0.2, 0.25) is 0 Å². The van der Waals surface area contributed by atoms with Crippen LogP contribution in [0.5, 0.6) is 0 Å². The molecule has 0 spiro atoms. The van der Waals surface area contributed by atoms with Crippen molar-refractivity contribution in [2.45, 2.75) is 19.3 Å². The monoisotopic (exact) mass is 233 g/mol. The van der Waals surface area contributed by atoms with Crippen LogP contribution in [0.15, 0.2) is 36.5 Å². The first-order valence-electron chi connectivity index (χ1n) is 5.55. The fourth-order valence-corrected chi connectivity index (χ4v) is 1.53. The van der Waals surface area contributed by atoms with Crippen LogP contribution in [0.4, 0.5) is 4.39 Å². The van der Waals surface area contributed by atoms with E-state index in [4.69, 9.17) is 5.73 Å². The Kier molecular flexibility index (Phi) is 2.98. The summed E-state index contributed by atoms with van der Waals surface area (Å²) >= 11 is 0. The van der Waals surface area contributed by atoms with Crippen LogP contribution >= 0.6 is 0 Å². The summed E-state index contributed by atoms with van der Waals surface area (Å²) in [5, 5.41) is 4.47. The van der Waals surface area contributed by atoms with Crippen molar-refractivity contribution in [1.82, 2.24) is 9.78 Å². The molecule has 2 rings (SSSR count). The molecule has 0 unspecified atom stereocenters. The maximum atomic E-state index is 12.8. The number of halogens is 1. The van der Waals surface area contributed by atoms with Gasteiger partial charge in [-0.15, -0.1) is 0 Å². The number of nitrogens with zero attached hydrogens (tertiary/aromatic N) is 2. The van der Waals surface area contributed by atoms with Gasteiger partial charge in [0.1, 0.15) is 5.82 Å². The van der Waals surface area contributed by atoms with Crippen LogP contribution in [0.25, 0.3) is 5.69 Å². The van der Waals surface area contributed by atoms with Gasteiger partial charge in [0, 0.05) is 18.2 Å². The van der Waals surface area contributed by atoms with E-state index in [1.807, 2.05) is 26.1 Å². The van der Waals surface area contributed by atoms with Crippen molar-refractivity contribution >= 4 is 0 Å². The van der Waals surface area contributed by atoms with Crippen LogP contribution in [-0.4, -0.2) is 16.3 Å². The average Bonchev–Trinajstić information content (AvgIpc) is 2.80. The van der Waals surface area contributed by atoms with Crippen LogP contribution in [0.1, 0.15) is 19.5 Å². The topological polar surface area (TPSA) is 43.8 Å². The number of benzene rings is 1. The zero-order chi connectivity index (χ0) is 12.5. The van der Waals surface area contributed by atoms with Crippen molar-refractivity contribution in [1.29, 1.82) is 0 Å². The van der Waals surface area contributed by atoms with Crippen LogP contribution < -0.4 is 5.73 Å². The molecule has 1 aromatic heterocycles. The van der Waals surface area contributed by atoms with Gasteiger partial charge in [0.05, 0.1) is 11.4 Å². The van der Waals surface area contributed by atoms with E-state index < -0.39 is 0 Å². The first kappa shape index (κ1) is 11.8.